The monoisotopic (exact) mass is 888 g/mol. The molecule has 1 heterocycles. The largest absolute Gasteiger partial charge is 0.397 e. The topological polar surface area (TPSA) is 185 Å². The number of rotatable bonds is 10. The highest BCUT2D eigenvalue weighted by Crippen LogP contribution is 2.39. The summed E-state index contributed by atoms with van der Waals surface area (Å²) in [4.78, 5) is 35.3. The van der Waals surface area contributed by atoms with Gasteiger partial charge in [0.25, 0.3) is 5.69 Å². The minimum Gasteiger partial charge on any atom is -0.397 e. The molecule has 65 heavy (non-hydrogen) atoms. The van der Waals surface area contributed by atoms with Gasteiger partial charge in [-0.1, -0.05) is 25.6 Å². The van der Waals surface area contributed by atoms with Crippen LogP contribution in [-0.2, 0) is 20.6 Å². The minimum absolute atomic E-state index is 0. The number of methoxy groups -OCH3 is 3. The predicted octanol–water partition coefficient (Wildman–Crippen LogP) is 11.2. The number of halogens is 1. The quantitative estimate of drug-likeness (QED) is 0.0596. The van der Waals surface area contributed by atoms with Gasteiger partial charge >= 0.3 is 5.69 Å². The van der Waals surface area contributed by atoms with Gasteiger partial charge in [0.15, 0.2) is 28.6 Å². The van der Waals surface area contributed by atoms with Crippen LogP contribution in [-0.4, -0.2) is 74.2 Å². The van der Waals surface area contributed by atoms with Crippen LogP contribution in [0.25, 0.3) is 19.4 Å². The minimum atomic E-state index is -0.978. The molecule has 0 atom stereocenters. The highest BCUT2D eigenvalue weighted by molar-refractivity contribution is 5.73. The van der Waals surface area contributed by atoms with Gasteiger partial charge in [0.2, 0.25) is 0 Å². The molecule has 0 saturated heterocycles. The summed E-state index contributed by atoms with van der Waals surface area (Å²) in [6.07, 6.45) is 9.29. The Morgan fingerprint density at radius 3 is 1.62 bits per heavy atom. The fourth-order valence-electron chi connectivity index (χ4n) is 7.54. The fourth-order valence-corrected chi connectivity index (χ4v) is 7.54. The molecule has 1 aliphatic heterocycles. The molecular weight excluding hydrogens is 836 g/mol. The molecular formula is C47H53FN10O7. The average molecular weight is 889 g/mol. The number of aryl methyl sites for hydroxylation is 1. The first-order valence-electron chi connectivity index (χ1n) is 20.5. The maximum Gasteiger partial charge on any atom is 0.302 e. The number of nitrogens with one attached hydrogen (secondary N) is 2. The third-order valence-corrected chi connectivity index (χ3v) is 11.5. The number of benzene rings is 4. The fraction of sp³-hybridized carbons (Fsp3) is 0.404. The molecule has 0 spiro atoms. The highest BCUT2D eigenvalue weighted by atomic mass is 19.1. The van der Waals surface area contributed by atoms with Gasteiger partial charge < -0.3 is 35.5 Å². The highest BCUT2D eigenvalue weighted by Gasteiger charge is 2.36. The van der Waals surface area contributed by atoms with Gasteiger partial charge in [-0.3, -0.25) is 20.2 Å². The molecule has 4 aromatic carbocycles. The second-order valence-electron chi connectivity index (χ2n) is 15.5. The van der Waals surface area contributed by atoms with Crippen molar-refractivity contribution in [3.8, 4) is 0 Å². The van der Waals surface area contributed by atoms with E-state index in [2.05, 4.69) is 47.0 Å². The number of ether oxygens (including phenoxy) is 3. The van der Waals surface area contributed by atoms with E-state index in [-0.39, 0.29) is 30.9 Å². The molecule has 0 radical (unpaired) electrons. The molecule has 3 fully saturated rings. The van der Waals surface area contributed by atoms with E-state index in [1.807, 2.05) is 6.07 Å². The van der Waals surface area contributed by atoms with Gasteiger partial charge in [-0.15, -0.1) is 0 Å². The van der Waals surface area contributed by atoms with Crippen LogP contribution in [0.15, 0.2) is 72.8 Å². The Labute approximate surface area is 378 Å². The number of nitrogens with two attached hydrogens (primary N) is 1. The van der Waals surface area contributed by atoms with E-state index in [0.717, 1.165) is 75.0 Å². The SMILES string of the molecule is C.[C-]#[N+]c1ccc(N)c(NC2CC(OC)C2)c1.[C-]#[N+]c1ccc([N+](=O)[O-])c(F)c1.[C-]#[N+]c1ccc([N+](=O)[O-])c(NC2CC(OC)C2)c1.[C-]#[N+]c1ccc2c(c1)N(C1CC(OC)C1)CCC2. The van der Waals surface area contributed by atoms with E-state index in [1.165, 1.54) is 41.9 Å². The predicted molar refractivity (Wildman–Crippen MR) is 250 cm³/mol. The Balaban J connectivity index is 0.000000191. The summed E-state index contributed by atoms with van der Waals surface area (Å²) in [7, 11) is 5.18. The summed E-state index contributed by atoms with van der Waals surface area (Å²) >= 11 is 0. The van der Waals surface area contributed by atoms with Gasteiger partial charge in [0.1, 0.15) is 5.69 Å². The maximum absolute atomic E-state index is 12.7. The van der Waals surface area contributed by atoms with Crippen molar-refractivity contribution in [2.75, 3.05) is 49.1 Å². The summed E-state index contributed by atoms with van der Waals surface area (Å²) in [5.74, 6) is -0.978. The second kappa shape index (κ2) is 23.9. The molecule has 4 aromatic rings. The molecule has 0 amide bonds. The van der Waals surface area contributed by atoms with E-state index in [9.17, 15) is 24.6 Å². The van der Waals surface area contributed by atoms with Crippen molar-refractivity contribution in [3.63, 3.8) is 0 Å². The van der Waals surface area contributed by atoms with Crippen molar-refractivity contribution >= 4 is 56.9 Å². The van der Waals surface area contributed by atoms with Crippen LogP contribution in [0.2, 0.25) is 0 Å². The van der Waals surface area contributed by atoms with E-state index in [0.29, 0.717) is 47.0 Å². The van der Waals surface area contributed by atoms with Crippen LogP contribution >= 0.6 is 0 Å². The molecule has 18 heteroatoms. The zero-order valence-electron chi connectivity index (χ0n) is 35.7. The summed E-state index contributed by atoms with van der Waals surface area (Å²) in [6.45, 7) is 28.6. The second-order valence-corrected chi connectivity index (χ2v) is 15.5. The molecule has 4 N–H and O–H groups in total. The summed E-state index contributed by atoms with van der Waals surface area (Å²) in [5.41, 5.74) is 11.7. The number of nitro benzene ring substituents is 2. The number of fused-ring (bicyclic) bond motifs is 1. The number of anilines is 4. The molecule has 340 valence electrons. The van der Waals surface area contributed by atoms with Crippen molar-refractivity contribution in [1.82, 2.24) is 0 Å². The Morgan fingerprint density at radius 1 is 0.662 bits per heavy atom. The van der Waals surface area contributed by atoms with Crippen molar-refractivity contribution in [1.29, 1.82) is 0 Å². The third-order valence-electron chi connectivity index (χ3n) is 11.5. The molecule has 17 nitrogen and oxygen atoms in total. The normalized spacial score (nSPS) is 20.6. The molecule has 0 unspecified atom stereocenters. The smallest absolute Gasteiger partial charge is 0.302 e. The van der Waals surface area contributed by atoms with Crippen molar-refractivity contribution in [2.45, 2.75) is 95.2 Å². The Kier molecular flexibility index (Phi) is 18.5. The molecule has 3 saturated carbocycles. The van der Waals surface area contributed by atoms with Gasteiger partial charge in [0, 0.05) is 69.5 Å². The Morgan fingerprint density at radius 2 is 1.11 bits per heavy atom. The summed E-state index contributed by atoms with van der Waals surface area (Å²) < 4.78 is 28.4. The van der Waals surface area contributed by atoms with Gasteiger partial charge in [-0.2, -0.15) is 0 Å². The van der Waals surface area contributed by atoms with E-state index < -0.39 is 21.4 Å². The molecule has 0 aromatic heterocycles. The number of hydrogen-bond acceptors (Lipinski definition) is 11. The maximum atomic E-state index is 12.7. The molecule has 3 aliphatic carbocycles. The lowest BCUT2D eigenvalue weighted by Crippen LogP contribution is -2.49. The van der Waals surface area contributed by atoms with E-state index in [1.54, 1.807) is 39.5 Å². The Bertz CT molecular complexity index is 2460. The molecule has 4 aliphatic rings. The molecule has 0 bridgehead atoms. The molecule has 8 rings (SSSR count). The van der Waals surface area contributed by atoms with Crippen molar-refractivity contribution < 1.29 is 28.4 Å². The van der Waals surface area contributed by atoms with Crippen LogP contribution in [0.1, 0.15) is 57.9 Å². The van der Waals surface area contributed by atoms with Crippen LogP contribution < -0.4 is 21.3 Å². The van der Waals surface area contributed by atoms with Crippen molar-refractivity contribution in [2.24, 2.45) is 0 Å². The first-order chi connectivity index (χ1) is 30.8. The lowest BCUT2D eigenvalue weighted by Gasteiger charge is -2.46. The Hall–Kier alpha value is -7.35. The van der Waals surface area contributed by atoms with Gasteiger partial charge in [-0.25, -0.2) is 23.8 Å². The number of nitrogens with zero attached hydrogens (tertiary/aromatic N) is 7. The van der Waals surface area contributed by atoms with Gasteiger partial charge in [0.05, 0.1) is 60.1 Å². The standard InChI is InChI=1S/C15H18N2O.C12H13N3O3.C12H15N3O.C7H3FN2O2.CH4/c1-16-12-6-5-11-4-3-7-17(15(11)8-12)13-9-14(10-13)18-2;1-13-8-3-4-12(15(16)17)11(7-8)14-9-5-10(6-9)18-2;1-14-8-3-4-11(13)12(7-8)15-9-5-10(6-9)16-2;1-9-5-2-3-7(10(11)12)6(8)4-5;/h5-6,8,13-14H,3-4,7,9-10H2,2H3;3-4,7,9-10,14H,5-6H2,2H3;3-4,7,9-10,15H,5-6,13H2,2H3;2-4H;1H4. The summed E-state index contributed by atoms with van der Waals surface area (Å²) in [6, 6.07) is 20.0. The number of nitrogen functional groups attached to an aromatic ring is 1. The average Bonchev–Trinajstić information content (AvgIpc) is 3.26. The van der Waals surface area contributed by atoms with E-state index in [4.69, 9.17) is 46.2 Å². The van der Waals surface area contributed by atoms with Crippen LogP contribution in [0.4, 0.5) is 61.3 Å². The van der Waals surface area contributed by atoms with Crippen LogP contribution in [0, 0.1) is 52.3 Å². The van der Waals surface area contributed by atoms with Crippen LogP contribution in [0.3, 0.4) is 0 Å². The third kappa shape index (κ3) is 13.3. The van der Waals surface area contributed by atoms with Gasteiger partial charge in [-0.05, 0) is 99.4 Å². The lowest BCUT2D eigenvalue weighted by atomic mass is 9.85. The van der Waals surface area contributed by atoms with Crippen molar-refractivity contribution in [3.05, 3.63) is 150 Å². The number of nitro groups is 2. The van der Waals surface area contributed by atoms with Crippen LogP contribution in [0.5, 0.6) is 0 Å². The zero-order chi connectivity index (χ0) is 46.3. The summed E-state index contributed by atoms with van der Waals surface area (Å²) in [5, 5.41) is 27.4. The first kappa shape index (κ1) is 50.3. The number of hydrogen-bond donors (Lipinski definition) is 3. The zero-order valence-corrected chi connectivity index (χ0v) is 35.7. The first-order valence-corrected chi connectivity index (χ1v) is 20.5. The lowest BCUT2D eigenvalue weighted by molar-refractivity contribution is -0.387. The van der Waals surface area contributed by atoms with E-state index >= 15 is 0 Å².